The summed E-state index contributed by atoms with van der Waals surface area (Å²) in [6, 6.07) is 20.7. The van der Waals surface area contributed by atoms with E-state index in [9.17, 15) is 0 Å². The van der Waals surface area contributed by atoms with Crippen LogP contribution < -0.4 is 6.64 Å². The summed E-state index contributed by atoms with van der Waals surface area (Å²) in [6.45, 7) is 9.15. The monoisotopic (exact) mass is 548 g/mol. The van der Waals surface area contributed by atoms with Gasteiger partial charge in [0.15, 0.2) is 0 Å². The molecule has 6 atom stereocenters. The molecule has 2 aliphatic carbocycles. The van der Waals surface area contributed by atoms with Crippen molar-refractivity contribution >= 4 is 34.3 Å². The van der Waals surface area contributed by atoms with Crippen LogP contribution in [0.2, 0.25) is 8.45 Å². The van der Waals surface area contributed by atoms with Gasteiger partial charge in [0.25, 0.3) is 0 Å². The molecule has 7 heteroatoms. The number of allylic oxidation sites excluding steroid dienone is 8. The number of hydrogen-bond acceptors (Lipinski definition) is 2. The van der Waals surface area contributed by atoms with Crippen molar-refractivity contribution in [1.29, 1.82) is 0 Å². The Balaban J connectivity index is 1.93. The van der Waals surface area contributed by atoms with E-state index < -0.39 is 17.4 Å². The molecule has 0 saturated carbocycles. The van der Waals surface area contributed by atoms with Crippen LogP contribution >= 0.6 is 34.3 Å². The standard InChI is InChI=1S/2C7H11P2.2C6H6O.Ti/c2*1-8-6-3-4-7(5-6)9-2;2*7-6-4-2-1-3-5-6;/h2*3-5,8-9H,1-2H3;2*1-5,7H;/q;;;;+2/p-2. The zero-order valence-electron chi connectivity index (χ0n) is 19.6. The predicted molar refractivity (Wildman–Crippen MR) is 151 cm³/mol. The summed E-state index contributed by atoms with van der Waals surface area (Å²) in [5, 5.41) is 5.87. The molecule has 0 aliphatic heterocycles. The van der Waals surface area contributed by atoms with E-state index in [1.165, 1.54) is 21.3 Å². The van der Waals surface area contributed by atoms with Gasteiger partial charge in [-0.1, -0.05) is 0 Å². The molecule has 4 rings (SSSR count). The average molecular weight is 548 g/mol. The van der Waals surface area contributed by atoms with Crippen molar-refractivity contribution in [3.63, 3.8) is 0 Å². The summed E-state index contributed by atoms with van der Waals surface area (Å²) in [6.07, 6.45) is 9.85. The molecule has 2 aliphatic rings. The first-order valence-corrected chi connectivity index (χ1v) is 20.3. The van der Waals surface area contributed by atoms with E-state index in [2.05, 4.69) is 112 Å². The molecule has 6 unspecified atom stereocenters. The van der Waals surface area contributed by atoms with Gasteiger partial charge >= 0.3 is 211 Å². The van der Waals surface area contributed by atoms with Gasteiger partial charge in [-0.25, -0.2) is 0 Å². The van der Waals surface area contributed by atoms with Crippen LogP contribution in [0.15, 0.2) is 106 Å². The normalized spacial score (nSPS) is 21.6. The minimum atomic E-state index is -3.69. The fourth-order valence-corrected chi connectivity index (χ4v) is 16.8. The second kappa shape index (κ2) is 11.9. The van der Waals surface area contributed by atoms with Gasteiger partial charge < -0.3 is 0 Å². The Bertz CT molecular complexity index is 992. The number of para-hydroxylation sites is 2. The van der Waals surface area contributed by atoms with Crippen LogP contribution in [0.4, 0.5) is 0 Å². The molecule has 0 fully saturated rings. The number of benzene rings is 2. The quantitative estimate of drug-likeness (QED) is 0.219. The summed E-state index contributed by atoms with van der Waals surface area (Å²) < 4.78 is 14.9. The molecule has 0 saturated heterocycles. The topological polar surface area (TPSA) is 18.5 Å². The molecule has 2 aromatic rings. The van der Waals surface area contributed by atoms with Crippen LogP contribution in [-0.4, -0.2) is 26.7 Å². The Morgan fingerprint density at radius 2 is 0.970 bits per heavy atom. The average Bonchev–Trinajstić information content (AvgIpc) is 3.49. The SMILES string of the molecule is CPC1=C[CH]([Ti]([O]c2ccccc2)([O]c2ccccc2)[CH]2C=C(PC)C=C2PC)C(PC)=C1. The van der Waals surface area contributed by atoms with Crippen molar-refractivity contribution in [3.8, 4) is 11.5 Å². The van der Waals surface area contributed by atoms with Gasteiger partial charge in [0, 0.05) is 0 Å². The molecule has 0 spiro atoms. The van der Waals surface area contributed by atoms with Crippen LogP contribution in [0.25, 0.3) is 0 Å². The third-order valence-corrected chi connectivity index (χ3v) is 16.7. The van der Waals surface area contributed by atoms with Gasteiger partial charge in [-0.15, -0.1) is 0 Å². The Morgan fingerprint density at radius 3 is 1.30 bits per heavy atom. The van der Waals surface area contributed by atoms with Crippen molar-refractivity contribution in [2.45, 2.75) is 8.45 Å². The summed E-state index contributed by atoms with van der Waals surface area (Å²) in [5.41, 5.74) is 0. The molecule has 0 heterocycles. The summed E-state index contributed by atoms with van der Waals surface area (Å²) >= 11 is -3.69. The third-order valence-electron chi connectivity index (χ3n) is 6.05. The molecule has 0 aromatic heterocycles. The maximum atomic E-state index is 7.23. The van der Waals surface area contributed by atoms with Gasteiger partial charge in [0.05, 0.1) is 0 Å². The molecule has 2 nitrogen and oxygen atoms in total. The molecule has 2 aromatic carbocycles. The van der Waals surface area contributed by atoms with E-state index in [0.29, 0.717) is 0 Å². The van der Waals surface area contributed by atoms with Crippen LogP contribution in [0.3, 0.4) is 0 Å². The van der Waals surface area contributed by atoms with Gasteiger partial charge in [0.2, 0.25) is 0 Å². The zero-order valence-corrected chi connectivity index (χ0v) is 25.1. The first kappa shape index (κ1) is 25.5. The Morgan fingerprint density at radius 1 is 0.576 bits per heavy atom. The second-order valence-corrected chi connectivity index (χ2v) is 17.1. The van der Waals surface area contributed by atoms with E-state index in [1.54, 1.807) is 0 Å². The zero-order chi connectivity index (χ0) is 23.3. The first-order chi connectivity index (χ1) is 16.1. The Kier molecular flexibility index (Phi) is 9.22. The van der Waals surface area contributed by atoms with Crippen LogP contribution in [0, 0.1) is 0 Å². The molecule has 172 valence electrons. The van der Waals surface area contributed by atoms with Gasteiger partial charge in [-0.2, -0.15) is 0 Å². The van der Waals surface area contributed by atoms with Crippen LogP contribution in [0.5, 0.6) is 11.5 Å². The third kappa shape index (κ3) is 5.65. The van der Waals surface area contributed by atoms with Crippen molar-refractivity contribution in [2.75, 3.05) is 26.7 Å². The van der Waals surface area contributed by atoms with Gasteiger partial charge in [-0.3, -0.25) is 0 Å². The molecule has 0 amide bonds. The Labute approximate surface area is 210 Å². The summed E-state index contributed by atoms with van der Waals surface area (Å²) in [7, 11) is 3.05. The predicted octanol–water partition coefficient (Wildman–Crippen LogP) is 8.50. The summed E-state index contributed by atoms with van der Waals surface area (Å²) in [4.78, 5) is 0. The fourth-order valence-electron chi connectivity index (χ4n) is 4.40. The summed E-state index contributed by atoms with van der Waals surface area (Å²) in [5.74, 6) is 1.85. The molecule has 0 bridgehead atoms. The first-order valence-electron chi connectivity index (χ1n) is 11.2. The van der Waals surface area contributed by atoms with Crippen molar-refractivity contribution in [2.24, 2.45) is 0 Å². The van der Waals surface area contributed by atoms with E-state index in [-0.39, 0.29) is 8.45 Å². The maximum absolute atomic E-state index is 7.23. The van der Waals surface area contributed by atoms with E-state index in [4.69, 9.17) is 6.64 Å². The van der Waals surface area contributed by atoms with Crippen molar-refractivity contribution in [3.05, 3.63) is 106 Å². The fraction of sp³-hybridized carbons (Fsp3) is 0.231. The van der Waals surface area contributed by atoms with E-state index >= 15 is 0 Å². The van der Waals surface area contributed by atoms with Crippen LogP contribution in [-0.2, 0) is 17.4 Å². The van der Waals surface area contributed by atoms with Crippen molar-refractivity contribution < 1.29 is 24.0 Å². The van der Waals surface area contributed by atoms with Crippen LogP contribution in [0.1, 0.15) is 0 Å². The minimum absolute atomic E-state index is 0.233. The Hall–Kier alpha value is -0.566. The van der Waals surface area contributed by atoms with Crippen molar-refractivity contribution in [1.82, 2.24) is 0 Å². The second-order valence-electron chi connectivity index (χ2n) is 7.95. The molecular formula is C26H32O2P4Ti. The van der Waals surface area contributed by atoms with Gasteiger partial charge in [-0.05, 0) is 0 Å². The molecule has 0 radical (unpaired) electrons. The van der Waals surface area contributed by atoms with Gasteiger partial charge in [0.1, 0.15) is 0 Å². The number of hydrogen-bond donors (Lipinski definition) is 0. The molecular weight excluding hydrogens is 516 g/mol. The molecule has 33 heavy (non-hydrogen) atoms. The van der Waals surface area contributed by atoms with E-state index in [0.717, 1.165) is 45.8 Å². The van der Waals surface area contributed by atoms with E-state index in [1.807, 2.05) is 0 Å². The molecule has 0 N–H and O–H groups in total. The number of rotatable bonds is 10.